The van der Waals surface area contributed by atoms with E-state index in [1.54, 1.807) is 13.1 Å². The topological polar surface area (TPSA) is 68.1 Å². The number of halogens is 1. The van der Waals surface area contributed by atoms with Gasteiger partial charge in [0, 0.05) is 29.9 Å². The molecule has 2 heterocycles. The fourth-order valence-corrected chi connectivity index (χ4v) is 3.87. The lowest BCUT2D eigenvalue weighted by Crippen LogP contribution is -2.30. The van der Waals surface area contributed by atoms with Gasteiger partial charge in [-0.3, -0.25) is 4.98 Å². The molecule has 0 spiro atoms. The van der Waals surface area contributed by atoms with E-state index < -0.39 is 11.8 Å². The smallest absolute Gasteiger partial charge is 0.223 e. The molecule has 2 saturated carbocycles. The average molecular weight is 371 g/mol. The van der Waals surface area contributed by atoms with Gasteiger partial charge in [0.15, 0.2) is 0 Å². The van der Waals surface area contributed by atoms with Gasteiger partial charge < -0.3 is 9.84 Å². The van der Waals surface area contributed by atoms with Crippen LogP contribution < -0.4 is 4.74 Å². The lowest BCUT2D eigenvalue weighted by Gasteiger charge is -2.32. The number of alkyl halides is 1. The molecule has 4 rings (SSSR count). The molecule has 0 aliphatic heterocycles. The first-order valence-corrected chi connectivity index (χ1v) is 9.71. The van der Waals surface area contributed by atoms with Crippen LogP contribution in [-0.4, -0.2) is 32.8 Å². The van der Waals surface area contributed by atoms with Crippen molar-refractivity contribution in [1.29, 1.82) is 0 Å². The Balaban J connectivity index is 1.45. The third kappa shape index (κ3) is 3.95. The standard InChI is InChI=1S/C21H26FN3O2/c1-13-3-4-19(24-10-13)17-9-15(17)12-27-20-18(11-23-14(2)25-20)21(22)7-5-16(26)6-8-21/h3-4,10-11,15-17,26H,5-9,12H2,1-2H3/t15-,16?,17?,21?/m1/s1. The number of hydrogen-bond donors (Lipinski definition) is 1. The first kappa shape index (κ1) is 18.3. The van der Waals surface area contributed by atoms with Crippen molar-refractivity contribution in [2.75, 3.05) is 6.61 Å². The van der Waals surface area contributed by atoms with E-state index in [1.165, 1.54) is 0 Å². The fourth-order valence-electron chi connectivity index (χ4n) is 3.87. The van der Waals surface area contributed by atoms with Crippen LogP contribution in [0.1, 0.15) is 60.7 Å². The van der Waals surface area contributed by atoms with Gasteiger partial charge in [-0.05, 0) is 57.6 Å². The molecule has 2 aliphatic carbocycles. The Morgan fingerprint density at radius 1 is 1.19 bits per heavy atom. The highest BCUT2D eigenvalue weighted by Crippen LogP contribution is 2.48. The van der Waals surface area contributed by atoms with Crippen molar-refractivity contribution in [2.24, 2.45) is 5.92 Å². The van der Waals surface area contributed by atoms with Gasteiger partial charge in [-0.15, -0.1) is 0 Å². The number of hydrogen-bond acceptors (Lipinski definition) is 5. The van der Waals surface area contributed by atoms with Gasteiger partial charge in [0.05, 0.1) is 18.3 Å². The van der Waals surface area contributed by atoms with E-state index in [4.69, 9.17) is 4.74 Å². The van der Waals surface area contributed by atoms with Crippen LogP contribution in [0.15, 0.2) is 24.5 Å². The molecule has 2 atom stereocenters. The Labute approximate surface area is 159 Å². The molecule has 27 heavy (non-hydrogen) atoms. The molecule has 2 aliphatic rings. The van der Waals surface area contributed by atoms with Crippen LogP contribution in [0.3, 0.4) is 0 Å². The second-order valence-electron chi connectivity index (χ2n) is 8.01. The van der Waals surface area contributed by atoms with E-state index in [1.807, 2.05) is 13.1 Å². The molecule has 0 aromatic carbocycles. The molecule has 5 nitrogen and oxygen atoms in total. The van der Waals surface area contributed by atoms with Crippen LogP contribution in [-0.2, 0) is 5.67 Å². The maximum Gasteiger partial charge on any atom is 0.223 e. The second-order valence-corrected chi connectivity index (χ2v) is 8.01. The number of pyridine rings is 1. The van der Waals surface area contributed by atoms with Gasteiger partial charge in [-0.25, -0.2) is 9.37 Å². The zero-order valence-electron chi connectivity index (χ0n) is 15.9. The van der Waals surface area contributed by atoms with E-state index in [9.17, 15) is 5.11 Å². The molecule has 0 radical (unpaired) electrons. The van der Waals surface area contributed by atoms with Crippen LogP contribution in [0.5, 0.6) is 5.88 Å². The molecule has 1 unspecified atom stereocenters. The summed E-state index contributed by atoms with van der Waals surface area (Å²) in [5, 5.41) is 9.71. The minimum atomic E-state index is -1.52. The quantitative estimate of drug-likeness (QED) is 0.866. The summed E-state index contributed by atoms with van der Waals surface area (Å²) in [6.07, 6.45) is 5.51. The van der Waals surface area contributed by atoms with Gasteiger partial charge >= 0.3 is 0 Å². The number of aliphatic hydroxyl groups is 1. The van der Waals surface area contributed by atoms with Crippen LogP contribution >= 0.6 is 0 Å². The lowest BCUT2D eigenvalue weighted by molar-refractivity contribution is 0.0285. The summed E-state index contributed by atoms with van der Waals surface area (Å²) in [6.45, 7) is 4.31. The monoisotopic (exact) mass is 371 g/mol. The normalized spacial score (nSPS) is 30.1. The van der Waals surface area contributed by atoms with Crippen LogP contribution in [0.4, 0.5) is 4.39 Å². The van der Waals surface area contributed by atoms with E-state index in [0.717, 1.165) is 17.7 Å². The molecule has 144 valence electrons. The van der Waals surface area contributed by atoms with Crippen molar-refractivity contribution in [3.05, 3.63) is 47.2 Å². The summed E-state index contributed by atoms with van der Waals surface area (Å²) < 4.78 is 21.5. The molecule has 2 aromatic rings. The molecule has 6 heteroatoms. The second kappa shape index (κ2) is 7.15. The van der Waals surface area contributed by atoms with Crippen molar-refractivity contribution < 1.29 is 14.2 Å². The number of nitrogens with zero attached hydrogens (tertiary/aromatic N) is 3. The molecular formula is C21H26FN3O2. The number of rotatable bonds is 5. The summed E-state index contributed by atoms with van der Waals surface area (Å²) >= 11 is 0. The summed E-state index contributed by atoms with van der Waals surface area (Å²) in [4.78, 5) is 13.1. The Morgan fingerprint density at radius 3 is 2.67 bits per heavy atom. The largest absolute Gasteiger partial charge is 0.477 e. The molecule has 0 amide bonds. The number of ether oxygens (including phenoxy) is 1. The van der Waals surface area contributed by atoms with E-state index in [2.05, 4.69) is 27.1 Å². The molecule has 1 N–H and O–H groups in total. The first-order valence-electron chi connectivity index (χ1n) is 9.71. The Bertz CT molecular complexity index is 804. The van der Waals surface area contributed by atoms with Gasteiger partial charge in [-0.2, -0.15) is 4.98 Å². The first-order chi connectivity index (χ1) is 12.9. The lowest BCUT2D eigenvalue weighted by atomic mass is 9.81. The summed E-state index contributed by atoms with van der Waals surface area (Å²) in [5.74, 6) is 1.71. The average Bonchev–Trinajstić information content (AvgIpc) is 3.43. The molecule has 2 aromatic heterocycles. The zero-order chi connectivity index (χ0) is 19.0. The highest BCUT2D eigenvalue weighted by Gasteiger charge is 2.42. The van der Waals surface area contributed by atoms with Gasteiger partial charge in [0.2, 0.25) is 5.88 Å². The third-order valence-electron chi connectivity index (χ3n) is 5.78. The maximum atomic E-state index is 15.5. The summed E-state index contributed by atoms with van der Waals surface area (Å²) in [5.41, 5.74) is 1.14. The molecular weight excluding hydrogens is 345 g/mol. The van der Waals surface area contributed by atoms with E-state index in [0.29, 0.717) is 48.6 Å². The van der Waals surface area contributed by atoms with Crippen LogP contribution in [0.25, 0.3) is 0 Å². The summed E-state index contributed by atoms with van der Waals surface area (Å²) in [7, 11) is 0. The van der Waals surface area contributed by atoms with Crippen LogP contribution in [0.2, 0.25) is 0 Å². The van der Waals surface area contributed by atoms with E-state index in [-0.39, 0.29) is 12.8 Å². The number of aliphatic hydroxyl groups excluding tert-OH is 1. The summed E-state index contributed by atoms with van der Waals surface area (Å²) in [6, 6.07) is 4.15. The van der Waals surface area contributed by atoms with Gasteiger partial charge in [-0.1, -0.05) is 6.07 Å². The Kier molecular flexibility index (Phi) is 4.84. The molecule has 2 fully saturated rings. The van der Waals surface area contributed by atoms with Crippen molar-refractivity contribution >= 4 is 0 Å². The van der Waals surface area contributed by atoms with Gasteiger partial charge in [0.1, 0.15) is 11.5 Å². The molecule has 0 saturated heterocycles. The van der Waals surface area contributed by atoms with Crippen molar-refractivity contribution in [2.45, 2.75) is 63.6 Å². The zero-order valence-corrected chi connectivity index (χ0v) is 15.9. The van der Waals surface area contributed by atoms with Gasteiger partial charge in [0.25, 0.3) is 0 Å². The van der Waals surface area contributed by atoms with Crippen LogP contribution in [0, 0.1) is 19.8 Å². The van der Waals surface area contributed by atoms with E-state index >= 15 is 4.39 Å². The van der Waals surface area contributed by atoms with Crippen molar-refractivity contribution in [3.8, 4) is 5.88 Å². The fraction of sp³-hybridized carbons (Fsp3) is 0.571. The molecule has 0 bridgehead atoms. The minimum Gasteiger partial charge on any atom is -0.477 e. The highest BCUT2D eigenvalue weighted by molar-refractivity contribution is 5.31. The van der Waals surface area contributed by atoms with Crippen molar-refractivity contribution in [3.63, 3.8) is 0 Å². The maximum absolute atomic E-state index is 15.5. The van der Waals surface area contributed by atoms with Crippen molar-refractivity contribution in [1.82, 2.24) is 15.0 Å². The Morgan fingerprint density at radius 2 is 1.96 bits per heavy atom. The predicted molar refractivity (Wildman–Crippen MR) is 99.3 cm³/mol. The minimum absolute atomic E-state index is 0.274. The SMILES string of the molecule is Cc1ccc(C2C[C@@H]2COc2nc(C)ncc2C2(F)CCC(O)CC2)nc1. The third-order valence-corrected chi connectivity index (χ3v) is 5.78. The predicted octanol–water partition coefficient (Wildman–Crippen LogP) is 3.77. The number of aromatic nitrogens is 3. The Hall–Kier alpha value is -2.08. The highest BCUT2D eigenvalue weighted by atomic mass is 19.1. The number of aryl methyl sites for hydroxylation is 2.